The fourth-order valence-electron chi connectivity index (χ4n) is 3.58. The molecular formula is C20H21N3O4. The van der Waals surface area contributed by atoms with E-state index in [1.54, 1.807) is 11.5 Å². The Balaban J connectivity index is 1.40. The zero-order valence-electron chi connectivity index (χ0n) is 14.8. The van der Waals surface area contributed by atoms with E-state index in [1.807, 2.05) is 0 Å². The third-order valence-electron chi connectivity index (χ3n) is 5.08. The first kappa shape index (κ1) is 17.5. The summed E-state index contributed by atoms with van der Waals surface area (Å²) in [5, 5.41) is 11.6. The number of fused-ring (bicyclic) bond motifs is 2. The van der Waals surface area contributed by atoms with E-state index < -0.39 is 12.0 Å². The highest BCUT2D eigenvalue weighted by Gasteiger charge is 2.29. The first-order valence-electron chi connectivity index (χ1n) is 8.99. The Morgan fingerprint density at radius 2 is 2.07 bits per heavy atom. The standard InChI is InChI=1S/C20H21N3O4/c24-19(22-26)14-5-6-16-18(11-14)27-17(20(25)21-16)8-10-23-9-7-13-3-1-2-4-15(13)12-23/h1-6,11,17,26H,7-10,12H2,(H,21,25)(H,22,24). The average molecular weight is 367 g/mol. The van der Waals surface area contributed by atoms with Gasteiger partial charge in [-0.25, -0.2) is 5.48 Å². The predicted molar refractivity (Wildman–Crippen MR) is 98.8 cm³/mol. The lowest BCUT2D eigenvalue weighted by Gasteiger charge is -2.31. The van der Waals surface area contributed by atoms with E-state index in [1.165, 1.54) is 23.3 Å². The molecule has 2 aliphatic heterocycles. The van der Waals surface area contributed by atoms with Crippen molar-refractivity contribution in [3.8, 4) is 5.75 Å². The van der Waals surface area contributed by atoms with Gasteiger partial charge in [0.15, 0.2) is 6.10 Å². The summed E-state index contributed by atoms with van der Waals surface area (Å²) in [7, 11) is 0. The molecular weight excluding hydrogens is 346 g/mol. The summed E-state index contributed by atoms with van der Waals surface area (Å²) in [5.41, 5.74) is 5.11. The van der Waals surface area contributed by atoms with Crippen molar-refractivity contribution in [2.45, 2.75) is 25.5 Å². The van der Waals surface area contributed by atoms with Crippen LogP contribution in [-0.2, 0) is 17.8 Å². The zero-order valence-corrected chi connectivity index (χ0v) is 14.8. The highest BCUT2D eigenvalue weighted by atomic mass is 16.5. The number of rotatable bonds is 4. The van der Waals surface area contributed by atoms with Crippen molar-refractivity contribution in [2.75, 3.05) is 18.4 Å². The lowest BCUT2D eigenvalue weighted by atomic mass is 9.99. The summed E-state index contributed by atoms with van der Waals surface area (Å²) in [6.07, 6.45) is 0.961. The summed E-state index contributed by atoms with van der Waals surface area (Å²) in [4.78, 5) is 26.2. The Hall–Kier alpha value is -2.90. The van der Waals surface area contributed by atoms with E-state index in [4.69, 9.17) is 9.94 Å². The molecule has 0 bridgehead atoms. The van der Waals surface area contributed by atoms with Crippen LogP contribution in [-0.4, -0.2) is 41.1 Å². The van der Waals surface area contributed by atoms with Crippen molar-refractivity contribution in [3.63, 3.8) is 0 Å². The maximum absolute atomic E-state index is 12.3. The van der Waals surface area contributed by atoms with Crippen LogP contribution in [0.3, 0.4) is 0 Å². The van der Waals surface area contributed by atoms with Gasteiger partial charge < -0.3 is 10.1 Å². The molecule has 0 aromatic heterocycles. The van der Waals surface area contributed by atoms with Crippen molar-refractivity contribution in [1.29, 1.82) is 0 Å². The number of hydrogen-bond donors (Lipinski definition) is 3. The smallest absolute Gasteiger partial charge is 0.274 e. The molecule has 0 radical (unpaired) electrons. The van der Waals surface area contributed by atoms with Gasteiger partial charge in [-0.1, -0.05) is 24.3 Å². The number of nitrogens with zero attached hydrogens (tertiary/aromatic N) is 1. The largest absolute Gasteiger partial charge is 0.478 e. The molecule has 0 aliphatic carbocycles. The molecule has 27 heavy (non-hydrogen) atoms. The molecule has 7 nitrogen and oxygen atoms in total. The van der Waals surface area contributed by atoms with Crippen LogP contribution >= 0.6 is 0 Å². The van der Waals surface area contributed by atoms with Crippen LogP contribution in [0.15, 0.2) is 42.5 Å². The van der Waals surface area contributed by atoms with Gasteiger partial charge in [0.2, 0.25) is 0 Å². The molecule has 2 aromatic carbocycles. The Morgan fingerprint density at radius 1 is 1.26 bits per heavy atom. The van der Waals surface area contributed by atoms with Crippen LogP contribution in [0.2, 0.25) is 0 Å². The number of carbonyl (C=O) groups excluding carboxylic acids is 2. The number of anilines is 1. The van der Waals surface area contributed by atoms with Crippen molar-refractivity contribution in [1.82, 2.24) is 10.4 Å². The van der Waals surface area contributed by atoms with E-state index in [0.717, 1.165) is 26.1 Å². The minimum absolute atomic E-state index is 0.181. The van der Waals surface area contributed by atoms with Gasteiger partial charge in [0.1, 0.15) is 5.75 Å². The van der Waals surface area contributed by atoms with Crippen molar-refractivity contribution in [2.24, 2.45) is 0 Å². The molecule has 1 atom stereocenters. The third kappa shape index (κ3) is 3.65. The van der Waals surface area contributed by atoms with Gasteiger partial charge in [-0.15, -0.1) is 0 Å². The minimum Gasteiger partial charge on any atom is -0.478 e. The van der Waals surface area contributed by atoms with Crippen molar-refractivity contribution in [3.05, 3.63) is 59.2 Å². The summed E-state index contributed by atoms with van der Waals surface area (Å²) < 4.78 is 5.84. The monoisotopic (exact) mass is 367 g/mol. The van der Waals surface area contributed by atoms with E-state index >= 15 is 0 Å². The van der Waals surface area contributed by atoms with Crippen LogP contribution in [0, 0.1) is 0 Å². The fourth-order valence-corrected chi connectivity index (χ4v) is 3.58. The average Bonchev–Trinajstić information content (AvgIpc) is 2.71. The maximum atomic E-state index is 12.3. The molecule has 2 aliphatic rings. The quantitative estimate of drug-likeness (QED) is 0.568. The van der Waals surface area contributed by atoms with Crippen LogP contribution < -0.4 is 15.5 Å². The molecule has 4 rings (SSSR count). The molecule has 0 spiro atoms. The van der Waals surface area contributed by atoms with E-state index in [9.17, 15) is 9.59 Å². The second-order valence-electron chi connectivity index (χ2n) is 6.83. The Kier molecular flexibility index (Phi) is 4.79. The zero-order chi connectivity index (χ0) is 18.8. The van der Waals surface area contributed by atoms with Crippen LogP contribution in [0.1, 0.15) is 27.9 Å². The van der Waals surface area contributed by atoms with Gasteiger partial charge in [0, 0.05) is 31.6 Å². The molecule has 0 saturated heterocycles. The van der Waals surface area contributed by atoms with Gasteiger partial charge >= 0.3 is 0 Å². The molecule has 2 aromatic rings. The number of ether oxygens (including phenoxy) is 1. The fraction of sp³-hybridized carbons (Fsp3) is 0.300. The molecule has 1 unspecified atom stereocenters. The number of hydroxylamine groups is 1. The number of carbonyl (C=O) groups is 2. The minimum atomic E-state index is -0.623. The number of benzene rings is 2. The molecule has 2 amide bonds. The Bertz CT molecular complexity index is 883. The van der Waals surface area contributed by atoms with Crippen molar-refractivity contribution < 1.29 is 19.5 Å². The summed E-state index contributed by atoms with van der Waals surface area (Å²) in [6.45, 7) is 2.59. The van der Waals surface area contributed by atoms with Gasteiger partial charge in [-0.3, -0.25) is 19.7 Å². The lowest BCUT2D eigenvalue weighted by Crippen LogP contribution is -2.41. The van der Waals surface area contributed by atoms with E-state index in [0.29, 0.717) is 17.9 Å². The Labute approximate surface area is 156 Å². The molecule has 2 heterocycles. The van der Waals surface area contributed by atoms with Crippen LogP contribution in [0.4, 0.5) is 5.69 Å². The lowest BCUT2D eigenvalue weighted by molar-refractivity contribution is -0.124. The van der Waals surface area contributed by atoms with Gasteiger partial charge in [0.25, 0.3) is 11.8 Å². The topological polar surface area (TPSA) is 90.9 Å². The van der Waals surface area contributed by atoms with E-state index in [-0.39, 0.29) is 11.5 Å². The summed E-state index contributed by atoms with van der Waals surface area (Å²) in [5.74, 6) is -0.370. The van der Waals surface area contributed by atoms with Crippen LogP contribution in [0.25, 0.3) is 0 Å². The second-order valence-corrected chi connectivity index (χ2v) is 6.83. The van der Waals surface area contributed by atoms with Crippen LogP contribution in [0.5, 0.6) is 5.75 Å². The first-order valence-corrected chi connectivity index (χ1v) is 8.99. The molecule has 7 heteroatoms. The number of amides is 2. The highest BCUT2D eigenvalue weighted by Crippen LogP contribution is 2.31. The summed E-state index contributed by atoms with van der Waals surface area (Å²) >= 11 is 0. The molecule has 140 valence electrons. The Morgan fingerprint density at radius 3 is 2.89 bits per heavy atom. The van der Waals surface area contributed by atoms with Gasteiger partial charge in [0.05, 0.1) is 5.69 Å². The molecule has 0 saturated carbocycles. The normalized spacial score (nSPS) is 18.7. The highest BCUT2D eigenvalue weighted by molar-refractivity contribution is 6.00. The SMILES string of the molecule is O=C(NO)c1ccc2c(c1)OC(CCN1CCc3ccccc3C1)C(=O)N2. The first-order chi connectivity index (χ1) is 13.1. The molecule has 0 fully saturated rings. The van der Waals surface area contributed by atoms with E-state index in [2.05, 4.69) is 34.5 Å². The van der Waals surface area contributed by atoms with Gasteiger partial charge in [-0.2, -0.15) is 0 Å². The van der Waals surface area contributed by atoms with Crippen molar-refractivity contribution >= 4 is 17.5 Å². The predicted octanol–water partition coefficient (Wildman–Crippen LogP) is 1.95. The number of nitrogens with one attached hydrogen (secondary N) is 2. The summed E-state index contributed by atoms with van der Waals surface area (Å²) in [6, 6.07) is 13.1. The third-order valence-corrected chi connectivity index (χ3v) is 5.08. The second kappa shape index (κ2) is 7.38. The molecule has 3 N–H and O–H groups in total. The van der Waals surface area contributed by atoms with Gasteiger partial charge in [-0.05, 0) is 35.7 Å². The maximum Gasteiger partial charge on any atom is 0.274 e. The number of hydrogen-bond acceptors (Lipinski definition) is 5.